The number of hydrogen-bond donors (Lipinski definition) is 1. The minimum Gasteiger partial charge on any atom is -0.267 e. The summed E-state index contributed by atoms with van der Waals surface area (Å²) in [5.41, 5.74) is 5.83. The van der Waals surface area contributed by atoms with E-state index in [1.165, 1.54) is 29.8 Å². The van der Waals surface area contributed by atoms with E-state index in [1.807, 2.05) is 38.1 Å². The molecule has 108 valence electrons. The predicted octanol–water partition coefficient (Wildman–Crippen LogP) is 3.68. The molecule has 0 atom stereocenters. The summed E-state index contributed by atoms with van der Waals surface area (Å²) in [5.74, 6) is -0.725. The molecule has 0 saturated carbocycles. The molecular formula is C17H17FN2O. The van der Waals surface area contributed by atoms with Gasteiger partial charge in [-0.2, -0.15) is 5.10 Å². The number of amides is 1. The molecule has 0 aliphatic rings. The molecule has 0 unspecified atom stereocenters. The molecule has 0 heterocycles. The second-order valence-corrected chi connectivity index (χ2v) is 4.73. The van der Waals surface area contributed by atoms with Crippen molar-refractivity contribution < 1.29 is 9.18 Å². The number of nitrogens with zero attached hydrogens (tertiary/aromatic N) is 1. The first-order chi connectivity index (χ1) is 10.1. The molecule has 0 spiro atoms. The lowest BCUT2D eigenvalue weighted by Crippen LogP contribution is -2.20. The van der Waals surface area contributed by atoms with Gasteiger partial charge in [0.05, 0.1) is 5.71 Å². The van der Waals surface area contributed by atoms with Gasteiger partial charge in [-0.1, -0.05) is 36.8 Å². The Bertz CT molecular complexity index is 645. The Labute approximate surface area is 123 Å². The third-order valence-electron chi connectivity index (χ3n) is 3.12. The highest BCUT2D eigenvalue weighted by molar-refractivity contribution is 6.02. The van der Waals surface area contributed by atoms with E-state index >= 15 is 0 Å². The van der Waals surface area contributed by atoms with Crippen LogP contribution < -0.4 is 5.43 Å². The van der Waals surface area contributed by atoms with Crippen LogP contribution in [0.25, 0.3) is 0 Å². The van der Waals surface area contributed by atoms with Crippen molar-refractivity contribution in [2.24, 2.45) is 5.10 Å². The molecule has 0 aliphatic heterocycles. The summed E-state index contributed by atoms with van der Waals surface area (Å²) in [6, 6.07) is 13.3. The van der Waals surface area contributed by atoms with Gasteiger partial charge in [-0.15, -0.1) is 0 Å². The standard InChI is InChI=1S/C17H17FN2O/c1-3-16(13-6-4-12(2)5-7-13)19-20-17(21)14-8-10-15(18)11-9-14/h4-11H,3H2,1-2H3,(H,20,21)/b19-16-. The van der Waals surface area contributed by atoms with Crippen molar-refractivity contribution >= 4 is 11.6 Å². The number of halogens is 1. The number of nitrogens with one attached hydrogen (secondary N) is 1. The Balaban J connectivity index is 2.12. The van der Waals surface area contributed by atoms with Gasteiger partial charge >= 0.3 is 0 Å². The van der Waals surface area contributed by atoms with Gasteiger partial charge in [0.1, 0.15) is 5.82 Å². The monoisotopic (exact) mass is 284 g/mol. The molecule has 2 rings (SSSR count). The van der Waals surface area contributed by atoms with Gasteiger partial charge in [-0.3, -0.25) is 4.79 Å². The van der Waals surface area contributed by atoms with Gasteiger partial charge in [0.2, 0.25) is 0 Å². The molecule has 1 amide bonds. The smallest absolute Gasteiger partial charge is 0.267 e. The average Bonchev–Trinajstić information content (AvgIpc) is 2.50. The summed E-state index contributed by atoms with van der Waals surface area (Å²) in [4.78, 5) is 11.9. The van der Waals surface area contributed by atoms with E-state index in [0.717, 1.165) is 11.3 Å². The summed E-state index contributed by atoms with van der Waals surface area (Å²) in [6.07, 6.45) is 0.701. The topological polar surface area (TPSA) is 41.5 Å². The van der Waals surface area contributed by atoms with E-state index in [0.29, 0.717) is 12.0 Å². The molecule has 2 aromatic carbocycles. The Hall–Kier alpha value is -2.49. The molecule has 0 radical (unpaired) electrons. The van der Waals surface area contributed by atoms with Crippen molar-refractivity contribution in [3.05, 3.63) is 71.0 Å². The second-order valence-electron chi connectivity index (χ2n) is 4.73. The third kappa shape index (κ3) is 3.99. The number of hydrazone groups is 1. The van der Waals surface area contributed by atoms with Crippen molar-refractivity contribution in [3.8, 4) is 0 Å². The van der Waals surface area contributed by atoms with E-state index in [1.54, 1.807) is 0 Å². The van der Waals surface area contributed by atoms with Crippen LogP contribution >= 0.6 is 0 Å². The maximum Gasteiger partial charge on any atom is 0.271 e. The van der Waals surface area contributed by atoms with Crippen molar-refractivity contribution in [3.63, 3.8) is 0 Å². The summed E-state index contributed by atoms with van der Waals surface area (Å²) < 4.78 is 12.8. The Morgan fingerprint density at radius 2 is 1.62 bits per heavy atom. The summed E-state index contributed by atoms with van der Waals surface area (Å²) in [6.45, 7) is 3.99. The molecule has 0 aromatic heterocycles. The largest absolute Gasteiger partial charge is 0.271 e. The molecule has 0 bridgehead atoms. The highest BCUT2D eigenvalue weighted by Gasteiger charge is 2.06. The van der Waals surface area contributed by atoms with Gasteiger partial charge < -0.3 is 0 Å². The molecule has 0 aliphatic carbocycles. The van der Waals surface area contributed by atoms with Crippen LogP contribution in [-0.4, -0.2) is 11.6 Å². The minimum absolute atomic E-state index is 0.354. The van der Waals surface area contributed by atoms with Gasteiger partial charge in [0.15, 0.2) is 0 Å². The fourth-order valence-electron chi connectivity index (χ4n) is 1.88. The lowest BCUT2D eigenvalue weighted by Gasteiger charge is -2.06. The fraction of sp³-hybridized carbons (Fsp3) is 0.176. The average molecular weight is 284 g/mol. The Kier molecular flexibility index (Phi) is 4.82. The maximum atomic E-state index is 12.8. The van der Waals surface area contributed by atoms with Gasteiger partial charge in [0, 0.05) is 5.56 Å². The highest BCUT2D eigenvalue weighted by atomic mass is 19.1. The summed E-state index contributed by atoms with van der Waals surface area (Å²) >= 11 is 0. The summed E-state index contributed by atoms with van der Waals surface area (Å²) in [5, 5.41) is 4.16. The van der Waals surface area contributed by atoms with Gasteiger partial charge in [-0.25, -0.2) is 9.82 Å². The van der Waals surface area contributed by atoms with Crippen LogP contribution in [-0.2, 0) is 0 Å². The number of rotatable bonds is 4. The van der Waals surface area contributed by atoms with Crippen LogP contribution in [0.5, 0.6) is 0 Å². The molecule has 2 aromatic rings. The van der Waals surface area contributed by atoms with E-state index in [4.69, 9.17) is 0 Å². The first kappa shape index (κ1) is 14.9. The normalized spacial score (nSPS) is 11.3. The minimum atomic E-state index is -0.371. The van der Waals surface area contributed by atoms with Crippen LogP contribution in [0.4, 0.5) is 4.39 Å². The SMILES string of the molecule is CC/C(=N/NC(=O)c1ccc(F)cc1)c1ccc(C)cc1. The fourth-order valence-corrected chi connectivity index (χ4v) is 1.88. The molecule has 21 heavy (non-hydrogen) atoms. The van der Waals surface area contributed by atoms with Crippen molar-refractivity contribution in [2.75, 3.05) is 0 Å². The van der Waals surface area contributed by atoms with E-state index in [2.05, 4.69) is 10.5 Å². The number of carbonyl (C=O) groups excluding carboxylic acids is 1. The van der Waals surface area contributed by atoms with Crippen LogP contribution in [0.1, 0.15) is 34.8 Å². The van der Waals surface area contributed by atoms with Crippen LogP contribution in [0.2, 0.25) is 0 Å². The number of benzene rings is 2. The first-order valence-electron chi connectivity index (χ1n) is 6.79. The molecule has 3 nitrogen and oxygen atoms in total. The number of aryl methyl sites for hydroxylation is 1. The van der Waals surface area contributed by atoms with Crippen molar-refractivity contribution in [1.29, 1.82) is 0 Å². The molecule has 0 saturated heterocycles. The molecule has 1 N–H and O–H groups in total. The lowest BCUT2D eigenvalue weighted by molar-refractivity contribution is 0.0955. The lowest BCUT2D eigenvalue weighted by atomic mass is 10.1. The number of hydrogen-bond acceptors (Lipinski definition) is 2. The van der Waals surface area contributed by atoms with Gasteiger partial charge in [0.25, 0.3) is 5.91 Å². The predicted molar refractivity (Wildman–Crippen MR) is 81.9 cm³/mol. The quantitative estimate of drug-likeness (QED) is 0.675. The molecule has 4 heteroatoms. The van der Waals surface area contributed by atoms with E-state index in [-0.39, 0.29) is 11.7 Å². The third-order valence-corrected chi connectivity index (χ3v) is 3.12. The second kappa shape index (κ2) is 6.79. The zero-order valence-corrected chi connectivity index (χ0v) is 12.1. The maximum absolute atomic E-state index is 12.8. The Morgan fingerprint density at radius 3 is 2.19 bits per heavy atom. The van der Waals surface area contributed by atoms with E-state index in [9.17, 15) is 9.18 Å². The molecular weight excluding hydrogens is 267 g/mol. The van der Waals surface area contributed by atoms with Gasteiger partial charge in [-0.05, 0) is 43.2 Å². The zero-order valence-electron chi connectivity index (χ0n) is 12.1. The van der Waals surface area contributed by atoms with E-state index < -0.39 is 0 Å². The van der Waals surface area contributed by atoms with Crippen LogP contribution in [0.3, 0.4) is 0 Å². The van der Waals surface area contributed by atoms with Crippen molar-refractivity contribution in [2.45, 2.75) is 20.3 Å². The number of carbonyl (C=O) groups is 1. The van der Waals surface area contributed by atoms with Crippen LogP contribution in [0.15, 0.2) is 53.6 Å². The Morgan fingerprint density at radius 1 is 1.05 bits per heavy atom. The molecule has 0 fully saturated rings. The van der Waals surface area contributed by atoms with Crippen molar-refractivity contribution in [1.82, 2.24) is 5.43 Å². The zero-order chi connectivity index (χ0) is 15.2. The van der Waals surface area contributed by atoms with Crippen LogP contribution in [0, 0.1) is 12.7 Å². The highest BCUT2D eigenvalue weighted by Crippen LogP contribution is 2.07. The first-order valence-corrected chi connectivity index (χ1v) is 6.79. The summed E-state index contributed by atoms with van der Waals surface area (Å²) in [7, 11) is 0.